The van der Waals surface area contributed by atoms with Gasteiger partial charge in [-0.2, -0.15) is 0 Å². The highest BCUT2D eigenvalue weighted by atomic mass is 19.1. The summed E-state index contributed by atoms with van der Waals surface area (Å²) in [6.45, 7) is 0. The van der Waals surface area contributed by atoms with E-state index in [4.69, 9.17) is 0 Å². The van der Waals surface area contributed by atoms with Crippen LogP contribution in [-0.4, -0.2) is 22.7 Å². The number of allylic oxidation sites excluding steroid dienone is 4. The number of halogens is 1. The van der Waals surface area contributed by atoms with Gasteiger partial charge in [-0.25, -0.2) is 4.39 Å². The molecule has 0 saturated carbocycles. The van der Waals surface area contributed by atoms with Gasteiger partial charge in [-0.05, 0) is 11.1 Å². The predicted octanol–water partition coefficient (Wildman–Crippen LogP) is 1.75. The zero-order valence-corrected chi connectivity index (χ0v) is 8.68. The Morgan fingerprint density at radius 2 is 1.88 bits per heavy atom. The van der Waals surface area contributed by atoms with Gasteiger partial charge in [0, 0.05) is 6.42 Å². The van der Waals surface area contributed by atoms with Gasteiger partial charge in [-0.15, -0.1) is 0 Å². The summed E-state index contributed by atoms with van der Waals surface area (Å²) < 4.78 is 14.4. The molecule has 0 aromatic heterocycles. The molecule has 1 unspecified atom stereocenters. The Balaban J connectivity index is 2.45. The summed E-state index contributed by atoms with van der Waals surface area (Å²) in [6.07, 6.45) is 4.87. The summed E-state index contributed by atoms with van der Waals surface area (Å²) in [5.41, 5.74) is -1.14. The van der Waals surface area contributed by atoms with Gasteiger partial charge in [-0.1, -0.05) is 48.6 Å². The van der Waals surface area contributed by atoms with Crippen molar-refractivity contribution in [3.8, 4) is 0 Å². The number of hydrogen-bond donors (Lipinski definition) is 2. The first kappa shape index (κ1) is 11.1. The van der Waals surface area contributed by atoms with Crippen molar-refractivity contribution < 1.29 is 14.4 Å². The van der Waals surface area contributed by atoms with Gasteiger partial charge in [0.1, 0.15) is 0 Å². The lowest BCUT2D eigenvalue weighted by atomic mass is 9.61. The quantitative estimate of drug-likeness (QED) is 0.742. The van der Waals surface area contributed by atoms with Crippen LogP contribution in [0.25, 0.3) is 5.57 Å². The highest BCUT2D eigenvalue weighted by Gasteiger charge is 2.46. The van der Waals surface area contributed by atoms with Crippen molar-refractivity contribution >= 4 is 12.7 Å². The molecule has 2 N–H and O–H groups in total. The Hall–Kier alpha value is -1.39. The van der Waals surface area contributed by atoms with Gasteiger partial charge < -0.3 is 10.0 Å². The maximum absolute atomic E-state index is 14.4. The molecule has 1 aromatic carbocycles. The smallest absolute Gasteiger partial charge is 0.425 e. The van der Waals surface area contributed by atoms with Gasteiger partial charge in [-0.3, -0.25) is 0 Å². The van der Waals surface area contributed by atoms with E-state index in [1.54, 1.807) is 42.5 Å². The molecule has 0 amide bonds. The number of alkyl halides is 1. The Bertz CT molecular complexity index is 428. The zero-order valence-electron chi connectivity index (χ0n) is 8.68. The van der Waals surface area contributed by atoms with Crippen LogP contribution in [0, 0.1) is 0 Å². The lowest BCUT2D eigenvalue weighted by molar-refractivity contribution is 0.254. The summed E-state index contributed by atoms with van der Waals surface area (Å²) in [7, 11) is -2.01. The third kappa shape index (κ3) is 1.82. The lowest BCUT2D eigenvalue weighted by Crippen LogP contribution is -2.43. The molecule has 16 heavy (non-hydrogen) atoms. The van der Waals surface area contributed by atoms with Crippen LogP contribution in [0.4, 0.5) is 4.39 Å². The number of rotatable bonds is 2. The minimum atomic E-state index is -2.11. The SMILES string of the molecule is OB(O)C1(F)CC=CC=C1c1ccccc1. The second kappa shape index (κ2) is 4.24. The first-order valence-corrected chi connectivity index (χ1v) is 5.12. The minimum absolute atomic E-state index is 0.0224. The van der Waals surface area contributed by atoms with Crippen LogP contribution in [-0.2, 0) is 0 Å². The van der Waals surface area contributed by atoms with Crippen LogP contribution in [0.3, 0.4) is 0 Å². The maximum atomic E-state index is 14.4. The summed E-state index contributed by atoms with van der Waals surface area (Å²) in [4.78, 5) is 0. The molecule has 4 heteroatoms. The summed E-state index contributed by atoms with van der Waals surface area (Å²) in [5, 5.41) is 18.3. The van der Waals surface area contributed by atoms with Crippen LogP contribution in [0.15, 0.2) is 48.6 Å². The molecule has 0 radical (unpaired) electrons. The van der Waals surface area contributed by atoms with Crippen molar-refractivity contribution in [2.24, 2.45) is 0 Å². The van der Waals surface area contributed by atoms with Gasteiger partial charge in [0.15, 0.2) is 5.57 Å². The molecule has 2 nitrogen and oxygen atoms in total. The van der Waals surface area contributed by atoms with E-state index in [-0.39, 0.29) is 6.42 Å². The standard InChI is InChI=1S/C12H12BFO2/c14-12(13(15)16)9-5-4-8-11(12)10-6-2-1-3-7-10/h1-8,15-16H,9H2. The molecule has 0 heterocycles. The largest absolute Gasteiger partial charge is 0.496 e. The number of benzene rings is 1. The van der Waals surface area contributed by atoms with E-state index < -0.39 is 12.7 Å². The summed E-state index contributed by atoms with van der Waals surface area (Å²) >= 11 is 0. The Morgan fingerprint density at radius 1 is 1.19 bits per heavy atom. The third-order valence-electron chi connectivity index (χ3n) is 2.76. The van der Waals surface area contributed by atoms with E-state index in [1.807, 2.05) is 6.07 Å². The first-order valence-electron chi connectivity index (χ1n) is 5.12. The third-order valence-corrected chi connectivity index (χ3v) is 2.76. The van der Waals surface area contributed by atoms with Crippen LogP contribution in [0.5, 0.6) is 0 Å². The Kier molecular flexibility index (Phi) is 2.94. The molecule has 0 fully saturated rings. The average Bonchev–Trinajstić information content (AvgIpc) is 2.30. The fourth-order valence-corrected chi connectivity index (χ4v) is 1.85. The van der Waals surface area contributed by atoms with Gasteiger partial charge in [0.25, 0.3) is 0 Å². The molecule has 1 aliphatic rings. The lowest BCUT2D eigenvalue weighted by Gasteiger charge is -2.28. The van der Waals surface area contributed by atoms with Crippen molar-refractivity contribution in [2.75, 3.05) is 0 Å². The molecule has 1 aliphatic carbocycles. The fourth-order valence-electron chi connectivity index (χ4n) is 1.85. The average molecular weight is 218 g/mol. The molecule has 1 atom stereocenters. The molecule has 1 aromatic rings. The molecule has 82 valence electrons. The van der Waals surface area contributed by atoms with Crippen LogP contribution >= 0.6 is 0 Å². The zero-order chi connectivity index (χ0) is 11.6. The van der Waals surface area contributed by atoms with Gasteiger partial charge >= 0.3 is 7.12 Å². The van der Waals surface area contributed by atoms with E-state index in [9.17, 15) is 14.4 Å². The van der Waals surface area contributed by atoms with Crippen molar-refractivity contribution in [3.05, 3.63) is 54.1 Å². The Labute approximate surface area is 93.9 Å². The molecular formula is C12H12BFO2. The van der Waals surface area contributed by atoms with E-state index in [2.05, 4.69) is 0 Å². The monoisotopic (exact) mass is 218 g/mol. The van der Waals surface area contributed by atoms with Crippen molar-refractivity contribution in [1.29, 1.82) is 0 Å². The Morgan fingerprint density at radius 3 is 2.50 bits per heavy atom. The van der Waals surface area contributed by atoms with Crippen LogP contribution in [0.2, 0.25) is 0 Å². The van der Waals surface area contributed by atoms with Gasteiger partial charge in [0.2, 0.25) is 0 Å². The second-order valence-corrected chi connectivity index (χ2v) is 3.81. The van der Waals surface area contributed by atoms with E-state index in [1.165, 1.54) is 0 Å². The highest BCUT2D eigenvalue weighted by molar-refractivity contribution is 6.49. The van der Waals surface area contributed by atoms with Crippen molar-refractivity contribution in [2.45, 2.75) is 12.0 Å². The van der Waals surface area contributed by atoms with E-state index in [0.717, 1.165) is 0 Å². The fraction of sp³-hybridized carbons (Fsp3) is 0.167. The normalized spacial score (nSPS) is 24.1. The predicted molar refractivity (Wildman–Crippen MR) is 62.2 cm³/mol. The second-order valence-electron chi connectivity index (χ2n) is 3.81. The highest BCUT2D eigenvalue weighted by Crippen LogP contribution is 2.37. The molecular weight excluding hydrogens is 206 g/mol. The molecule has 0 saturated heterocycles. The molecule has 0 aliphatic heterocycles. The van der Waals surface area contributed by atoms with Crippen molar-refractivity contribution in [3.63, 3.8) is 0 Å². The maximum Gasteiger partial charge on any atom is 0.496 e. The first-order chi connectivity index (χ1) is 7.64. The summed E-state index contributed by atoms with van der Waals surface area (Å²) in [6, 6.07) is 8.92. The van der Waals surface area contributed by atoms with E-state index >= 15 is 0 Å². The topological polar surface area (TPSA) is 40.5 Å². The van der Waals surface area contributed by atoms with Gasteiger partial charge in [0.05, 0.1) is 0 Å². The summed E-state index contributed by atoms with van der Waals surface area (Å²) in [5.74, 6) is 0. The molecule has 0 bridgehead atoms. The van der Waals surface area contributed by atoms with Crippen molar-refractivity contribution in [1.82, 2.24) is 0 Å². The molecule has 2 rings (SSSR count). The minimum Gasteiger partial charge on any atom is -0.425 e. The van der Waals surface area contributed by atoms with Crippen LogP contribution < -0.4 is 0 Å². The molecule has 0 spiro atoms. The van der Waals surface area contributed by atoms with Crippen LogP contribution in [0.1, 0.15) is 12.0 Å². The number of hydrogen-bond acceptors (Lipinski definition) is 2. The van der Waals surface area contributed by atoms with E-state index in [0.29, 0.717) is 11.1 Å².